The molecular weight excluding hydrogens is 264 g/mol. The molecule has 1 unspecified atom stereocenters. The molecule has 0 aromatic carbocycles. The van der Waals surface area contributed by atoms with Crippen molar-refractivity contribution in [3.63, 3.8) is 0 Å². The lowest BCUT2D eigenvalue weighted by Crippen LogP contribution is -2.47. The van der Waals surface area contributed by atoms with E-state index in [0.717, 1.165) is 0 Å². The zero-order valence-corrected chi connectivity index (χ0v) is 13.8. The number of hydrogen-bond donors (Lipinski definition) is 2. The molecule has 0 radical (unpaired) electrons. The highest BCUT2D eigenvalue weighted by atomic mass is 32.2. The van der Waals surface area contributed by atoms with Crippen molar-refractivity contribution in [2.24, 2.45) is 0 Å². The molecule has 0 aliphatic rings. The zero-order valence-electron chi connectivity index (χ0n) is 12.9. The predicted molar refractivity (Wildman–Crippen MR) is 79.7 cm³/mol. The average Bonchev–Trinajstić information content (AvgIpc) is 2.22. The number of urea groups is 1. The third kappa shape index (κ3) is 8.21. The molecule has 5 nitrogen and oxygen atoms in total. The van der Waals surface area contributed by atoms with Crippen molar-refractivity contribution in [3.8, 4) is 0 Å². The second-order valence-corrected chi connectivity index (χ2v) is 8.54. The van der Waals surface area contributed by atoms with E-state index in [1.54, 1.807) is 18.7 Å². The first-order chi connectivity index (χ1) is 8.47. The fraction of sp³-hybridized carbons (Fsp3) is 0.923. The highest BCUT2D eigenvalue weighted by Gasteiger charge is 2.22. The van der Waals surface area contributed by atoms with Crippen LogP contribution in [0.3, 0.4) is 0 Å². The Hall–Kier alpha value is -0.620. The van der Waals surface area contributed by atoms with Gasteiger partial charge >= 0.3 is 6.03 Å². The number of carbonyl (C=O) groups is 1. The van der Waals surface area contributed by atoms with Crippen molar-refractivity contribution in [2.75, 3.05) is 25.4 Å². The van der Waals surface area contributed by atoms with Gasteiger partial charge in [-0.3, -0.25) is 4.21 Å². The number of aliphatic hydroxyl groups is 1. The van der Waals surface area contributed by atoms with Gasteiger partial charge < -0.3 is 15.3 Å². The van der Waals surface area contributed by atoms with Crippen LogP contribution in [0.2, 0.25) is 0 Å². The van der Waals surface area contributed by atoms with Gasteiger partial charge in [-0.05, 0) is 41.5 Å². The summed E-state index contributed by atoms with van der Waals surface area (Å²) in [7, 11) is -0.971. The van der Waals surface area contributed by atoms with Gasteiger partial charge in [0.2, 0.25) is 0 Å². The number of carbonyl (C=O) groups excluding carboxylic acids is 1. The minimum Gasteiger partial charge on any atom is -0.389 e. The number of nitrogens with one attached hydrogen (secondary N) is 1. The van der Waals surface area contributed by atoms with E-state index in [9.17, 15) is 14.1 Å². The van der Waals surface area contributed by atoms with E-state index in [1.165, 1.54) is 0 Å². The molecule has 19 heavy (non-hydrogen) atoms. The molecule has 0 saturated carbocycles. The summed E-state index contributed by atoms with van der Waals surface area (Å²) in [4.78, 5) is 13.4. The highest BCUT2D eigenvalue weighted by Crippen LogP contribution is 2.10. The summed E-state index contributed by atoms with van der Waals surface area (Å²) < 4.78 is 11.6. The van der Waals surface area contributed by atoms with Gasteiger partial charge in [-0.15, -0.1) is 0 Å². The Morgan fingerprint density at radius 2 is 1.79 bits per heavy atom. The zero-order chi connectivity index (χ0) is 15.3. The fourth-order valence-electron chi connectivity index (χ4n) is 1.46. The Morgan fingerprint density at radius 3 is 2.16 bits per heavy atom. The van der Waals surface area contributed by atoms with Gasteiger partial charge in [0.05, 0.1) is 12.1 Å². The Bertz CT molecular complexity index is 319. The minimum atomic E-state index is -0.971. The predicted octanol–water partition coefficient (Wildman–Crippen LogP) is 1.34. The molecule has 0 aliphatic carbocycles. The first-order valence-electron chi connectivity index (χ1n) is 6.61. The number of hydrogen-bond acceptors (Lipinski definition) is 3. The number of amides is 2. The molecule has 0 aromatic heterocycles. The van der Waals surface area contributed by atoms with Gasteiger partial charge in [0.25, 0.3) is 0 Å². The van der Waals surface area contributed by atoms with E-state index >= 15 is 0 Å². The highest BCUT2D eigenvalue weighted by molar-refractivity contribution is 7.86. The smallest absolute Gasteiger partial charge is 0.317 e. The molecule has 2 N–H and O–H groups in total. The largest absolute Gasteiger partial charge is 0.389 e. The van der Waals surface area contributed by atoms with Gasteiger partial charge in [-0.2, -0.15) is 0 Å². The lowest BCUT2D eigenvalue weighted by Gasteiger charge is -2.28. The molecule has 0 rings (SSSR count). The summed E-state index contributed by atoms with van der Waals surface area (Å²) in [6.07, 6.45) is 0. The molecule has 1 atom stereocenters. The van der Waals surface area contributed by atoms with Crippen LogP contribution in [0.1, 0.15) is 41.5 Å². The maximum absolute atomic E-state index is 11.9. The van der Waals surface area contributed by atoms with E-state index in [2.05, 4.69) is 5.32 Å². The van der Waals surface area contributed by atoms with Crippen molar-refractivity contribution in [1.82, 2.24) is 10.2 Å². The lowest BCUT2D eigenvalue weighted by molar-refractivity contribution is 0.0481. The van der Waals surface area contributed by atoms with Gasteiger partial charge in [-0.1, -0.05) is 0 Å². The van der Waals surface area contributed by atoms with E-state index in [0.29, 0.717) is 18.8 Å². The van der Waals surface area contributed by atoms with Gasteiger partial charge in [0, 0.05) is 34.4 Å². The van der Waals surface area contributed by atoms with Crippen LogP contribution < -0.4 is 5.32 Å². The van der Waals surface area contributed by atoms with E-state index < -0.39 is 16.4 Å². The standard InChI is InChI=1S/C13H28N2O3S/c1-7-15(10-13(5,6)17)11(16)14-8-9-19(18)12(2,3)4/h17H,7-10H2,1-6H3,(H,14,16). The number of nitrogens with zero attached hydrogens (tertiary/aromatic N) is 1. The first kappa shape index (κ1) is 18.4. The Labute approximate surface area is 119 Å². The Kier molecular flexibility index (Phi) is 7.00. The quantitative estimate of drug-likeness (QED) is 0.776. The molecule has 6 heteroatoms. The summed E-state index contributed by atoms with van der Waals surface area (Å²) in [6, 6.07) is -0.226. The second-order valence-electron chi connectivity index (χ2n) is 6.22. The van der Waals surface area contributed by atoms with Crippen molar-refractivity contribution in [3.05, 3.63) is 0 Å². The Morgan fingerprint density at radius 1 is 1.26 bits per heavy atom. The molecule has 0 aromatic rings. The van der Waals surface area contributed by atoms with Crippen LogP contribution in [0, 0.1) is 0 Å². The molecule has 114 valence electrons. The van der Waals surface area contributed by atoms with Crippen molar-refractivity contribution in [2.45, 2.75) is 51.9 Å². The molecule has 0 aliphatic heterocycles. The van der Waals surface area contributed by atoms with Gasteiger partial charge in [0.1, 0.15) is 0 Å². The molecule has 0 saturated heterocycles. The lowest BCUT2D eigenvalue weighted by atomic mass is 10.1. The second kappa shape index (κ2) is 7.24. The van der Waals surface area contributed by atoms with Crippen molar-refractivity contribution < 1.29 is 14.1 Å². The van der Waals surface area contributed by atoms with Crippen LogP contribution in [-0.4, -0.2) is 56.0 Å². The summed E-state index contributed by atoms with van der Waals surface area (Å²) in [5.41, 5.74) is -0.915. The molecule has 0 heterocycles. The third-order valence-corrected chi connectivity index (χ3v) is 4.43. The van der Waals surface area contributed by atoms with Gasteiger partial charge in [-0.25, -0.2) is 4.79 Å². The average molecular weight is 292 g/mol. The maximum atomic E-state index is 11.9. The normalized spacial score (nSPS) is 14.1. The van der Waals surface area contributed by atoms with Crippen LogP contribution >= 0.6 is 0 Å². The fourth-order valence-corrected chi connectivity index (χ4v) is 2.36. The van der Waals surface area contributed by atoms with E-state index in [4.69, 9.17) is 0 Å². The Balaban J connectivity index is 4.19. The van der Waals surface area contributed by atoms with Crippen LogP contribution in [0.15, 0.2) is 0 Å². The number of likely N-dealkylation sites (N-methyl/N-ethyl adjacent to an activating group) is 1. The maximum Gasteiger partial charge on any atom is 0.317 e. The van der Waals surface area contributed by atoms with Crippen LogP contribution in [-0.2, 0) is 10.8 Å². The van der Waals surface area contributed by atoms with E-state index in [1.807, 2.05) is 27.7 Å². The van der Waals surface area contributed by atoms with Gasteiger partial charge in [0.15, 0.2) is 0 Å². The summed E-state index contributed by atoms with van der Waals surface area (Å²) in [5, 5.41) is 12.5. The monoisotopic (exact) mass is 292 g/mol. The van der Waals surface area contributed by atoms with E-state index in [-0.39, 0.29) is 17.3 Å². The van der Waals surface area contributed by atoms with Crippen LogP contribution in [0.4, 0.5) is 4.79 Å². The van der Waals surface area contributed by atoms with Crippen LogP contribution in [0.25, 0.3) is 0 Å². The van der Waals surface area contributed by atoms with Crippen LogP contribution in [0.5, 0.6) is 0 Å². The minimum absolute atomic E-state index is 0.226. The third-order valence-electron chi connectivity index (χ3n) is 2.49. The molecule has 2 amide bonds. The summed E-state index contributed by atoms with van der Waals surface area (Å²) in [5.74, 6) is 0.440. The molecule has 0 fully saturated rings. The molecular formula is C13H28N2O3S. The molecule has 0 spiro atoms. The number of rotatable bonds is 6. The summed E-state index contributed by atoms with van der Waals surface area (Å²) >= 11 is 0. The first-order valence-corrected chi connectivity index (χ1v) is 7.93. The topological polar surface area (TPSA) is 69.6 Å². The SMILES string of the molecule is CCN(CC(C)(C)O)C(=O)NCCS(=O)C(C)(C)C. The van der Waals surface area contributed by atoms with Crippen molar-refractivity contribution in [1.29, 1.82) is 0 Å². The molecule has 0 bridgehead atoms. The van der Waals surface area contributed by atoms with Crippen molar-refractivity contribution >= 4 is 16.8 Å². The summed E-state index contributed by atoms with van der Waals surface area (Å²) in [6.45, 7) is 12.1.